The first-order chi connectivity index (χ1) is 10.2. The van der Waals surface area contributed by atoms with E-state index in [9.17, 15) is 0 Å². The molecule has 0 bridgehead atoms. The van der Waals surface area contributed by atoms with Gasteiger partial charge in [-0.2, -0.15) is 4.98 Å². The Labute approximate surface area is 119 Å². The number of aromatic amines is 1. The van der Waals surface area contributed by atoms with Gasteiger partial charge < -0.3 is 15.2 Å². The van der Waals surface area contributed by atoms with E-state index in [0.717, 1.165) is 25.1 Å². The van der Waals surface area contributed by atoms with Gasteiger partial charge in [0.25, 0.3) is 5.89 Å². The predicted molar refractivity (Wildman–Crippen MR) is 72.6 cm³/mol. The van der Waals surface area contributed by atoms with Gasteiger partial charge in [-0.25, -0.2) is 15.0 Å². The van der Waals surface area contributed by atoms with Crippen LogP contribution >= 0.6 is 0 Å². The number of hydrogen-bond acceptors (Lipinski definition) is 7. The molecule has 0 unspecified atom stereocenters. The molecule has 0 amide bonds. The van der Waals surface area contributed by atoms with Crippen LogP contribution in [0.4, 0.5) is 0 Å². The second kappa shape index (κ2) is 4.45. The summed E-state index contributed by atoms with van der Waals surface area (Å²) in [7, 11) is 0. The Morgan fingerprint density at radius 1 is 1.29 bits per heavy atom. The van der Waals surface area contributed by atoms with Crippen LogP contribution in [0, 0.1) is 0 Å². The lowest BCUT2D eigenvalue weighted by molar-refractivity contribution is 0.240. The minimum absolute atomic E-state index is 0.340. The SMILES string of the molecule is NC1(c2ncc(-c3nc(-c4ccncn4)no3)[nH]2)CCC1. The molecular formula is C13H13N7O. The molecule has 3 heterocycles. The van der Waals surface area contributed by atoms with Crippen LogP contribution in [0.3, 0.4) is 0 Å². The summed E-state index contributed by atoms with van der Waals surface area (Å²) in [6, 6.07) is 1.72. The minimum Gasteiger partial charge on any atom is -0.336 e. The highest BCUT2D eigenvalue weighted by Gasteiger charge is 2.37. The van der Waals surface area contributed by atoms with E-state index in [-0.39, 0.29) is 5.54 Å². The molecule has 0 saturated heterocycles. The van der Waals surface area contributed by atoms with E-state index in [2.05, 4.69) is 30.1 Å². The van der Waals surface area contributed by atoms with E-state index >= 15 is 0 Å². The largest absolute Gasteiger partial charge is 0.336 e. The monoisotopic (exact) mass is 283 g/mol. The van der Waals surface area contributed by atoms with Crippen molar-refractivity contribution < 1.29 is 4.52 Å². The molecule has 8 heteroatoms. The molecule has 106 valence electrons. The quantitative estimate of drug-likeness (QED) is 0.742. The van der Waals surface area contributed by atoms with Crippen LogP contribution in [0.1, 0.15) is 25.1 Å². The molecular weight excluding hydrogens is 270 g/mol. The van der Waals surface area contributed by atoms with Crippen molar-refractivity contribution in [1.29, 1.82) is 0 Å². The molecule has 3 aromatic heterocycles. The number of nitrogens with zero attached hydrogens (tertiary/aromatic N) is 5. The molecule has 21 heavy (non-hydrogen) atoms. The van der Waals surface area contributed by atoms with E-state index < -0.39 is 0 Å². The van der Waals surface area contributed by atoms with Crippen molar-refractivity contribution in [1.82, 2.24) is 30.1 Å². The lowest BCUT2D eigenvalue weighted by atomic mass is 9.77. The van der Waals surface area contributed by atoms with Gasteiger partial charge in [0.2, 0.25) is 5.82 Å². The Bertz CT molecular complexity index is 760. The Morgan fingerprint density at radius 2 is 2.19 bits per heavy atom. The van der Waals surface area contributed by atoms with Crippen LogP contribution in [0.25, 0.3) is 23.1 Å². The molecule has 0 aromatic carbocycles. The fraction of sp³-hybridized carbons (Fsp3) is 0.308. The van der Waals surface area contributed by atoms with Gasteiger partial charge in [0, 0.05) is 6.20 Å². The summed E-state index contributed by atoms with van der Waals surface area (Å²) in [5.74, 6) is 1.55. The number of hydrogen-bond donors (Lipinski definition) is 2. The number of aromatic nitrogens is 6. The van der Waals surface area contributed by atoms with E-state index in [1.54, 1.807) is 18.5 Å². The van der Waals surface area contributed by atoms with Crippen LogP contribution in [-0.2, 0) is 5.54 Å². The maximum absolute atomic E-state index is 6.23. The highest BCUT2D eigenvalue weighted by atomic mass is 16.5. The molecule has 4 rings (SSSR count). The van der Waals surface area contributed by atoms with Crippen molar-refractivity contribution in [2.75, 3.05) is 0 Å². The number of imidazole rings is 1. The standard InChI is InChI=1S/C13H13N7O/c14-13(3-1-4-13)12-16-6-9(18-12)11-19-10(20-21-11)8-2-5-15-7-17-8/h2,5-7H,1,3-4,14H2,(H,16,18). The van der Waals surface area contributed by atoms with Gasteiger partial charge in [-0.3, -0.25) is 0 Å². The van der Waals surface area contributed by atoms with Gasteiger partial charge in [0.1, 0.15) is 23.5 Å². The third-order valence-electron chi connectivity index (χ3n) is 3.76. The maximum atomic E-state index is 6.23. The van der Waals surface area contributed by atoms with Crippen LogP contribution in [0.2, 0.25) is 0 Å². The van der Waals surface area contributed by atoms with Crippen LogP contribution in [-0.4, -0.2) is 30.1 Å². The summed E-state index contributed by atoms with van der Waals surface area (Å²) in [5, 5.41) is 3.91. The third-order valence-corrected chi connectivity index (χ3v) is 3.76. The second-order valence-electron chi connectivity index (χ2n) is 5.17. The summed E-state index contributed by atoms with van der Waals surface area (Å²) in [5.41, 5.74) is 7.16. The maximum Gasteiger partial charge on any atom is 0.276 e. The van der Waals surface area contributed by atoms with Gasteiger partial charge in [-0.1, -0.05) is 5.16 Å². The van der Waals surface area contributed by atoms with Crippen LogP contribution < -0.4 is 5.73 Å². The topological polar surface area (TPSA) is 119 Å². The molecule has 0 radical (unpaired) electrons. The number of nitrogens with two attached hydrogens (primary N) is 1. The zero-order chi connectivity index (χ0) is 14.3. The van der Waals surface area contributed by atoms with Crippen LogP contribution in [0.15, 0.2) is 29.3 Å². The normalized spacial score (nSPS) is 16.6. The number of H-pyrrole nitrogens is 1. The summed E-state index contributed by atoms with van der Waals surface area (Å²) in [6.07, 6.45) is 7.74. The molecule has 1 aliphatic rings. The summed E-state index contributed by atoms with van der Waals surface area (Å²) in [4.78, 5) is 19.8. The van der Waals surface area contributed by atoms with Crippen molar-refractivity contribution in [3.05, 3.63) is 30.6 Å². The number of nitrogens with one attached hydrogen (secondary N) is 1. The first kappa shape index (κ1) is 12.2. The Hall–Kier alpha value is -2.61. The lowest BCUT2D eigenvalue weighted by Gasteiger charge is -2.35. The Kier molecular flexibility index (Phi) is 2.58. The molecule has 0 aliphatic heterocycles. The van der Waals surface area contributed by atoms with E-state index in [4.69, 9.17) is 10.3 Å². The molecule has 8 nitrogen and oxygen atoms in total. The summed E-state index contributed by atoms with van der Waals surface area (Å²) in [6.45, 7) is 0. The predicted octanol–water partition coefficient (Wildman–Crippen LogP) is 1.25. The van der Waals surface area contributed by atoms with Crippen molar-refractivity contribution >= 4 is 0 Å². The van der Waals surface area contributed by atoms with E-state index in [0.29, 0.717) is 23.1 Å². The molecule has 0 atom stereocenters. The Balaban J connectivity index is 1.64. The molecule has 1 saturated carbocycles. The lowest BCUT2D eigenvalue weighted by Crippen LogP contribution is -2.44. The molecule has 0 spiro atoms. The van der Waals surface area contributed by atoms with Crippen LogP contribution in [0.5, 0.6) is 0 Å². The third kappa shape index (κ3) is 2.00. The van der Waals surface area contributed by atoms with E-state index in [1.807, 2.05) is 0 Å². The van der Waals surface area contributed by atoms with E-state index in [1.165, 1.54) is 6.33 Å². The summed E-state index contributed by atoms with van der Waals surface area (Å²) >= 11 is 0. The minimum atomic E-state index is -0.340. The second-order valence-corrected chi connectivity index (χ2v) is 5.17. The van der Waals surface area contributed by atoms with Gasteiger partial charge in [-0.15, -0.1) is 0 Å². The molecule has 1 aliphatic carbocycles. The first-order valence-corrected chi connectivity index (χ1v) is 6.69. The fourth-order valence-corrected chi connectivity index (χ4v) is 2.34. The van der Waals surface area contributed by atoms with Crippen molar-refractivity contribution in [2.45, 2.75) is 24.8 Å². The van der Waals surface area contributed by atoms with Gasteiger partial charge in [0.05, 0.1) is 11.7 Å². The van der Waals surface area contributed by atoms with Gasteiger partial charge in [-0.05, 0) is 25.3 Å². The highest BCUT2D eigenvalue weighted by molar-refractivity contribution is 5.53. The zero-order valence-electron chi connectivity index (χ0n) is 11.2. The van der Waals surface area contributed by atoms with Crippen molar-refractivity contribution in [3.8, 4) is 23.1 Å². The van der Waals surface area contributed by atoms with Gasteiger partial charge >= 0.3 is 0 Å². The molecule has 3 N–H and O–H groups in total. The molecule has 3 aromatic rings. The fourth-order valence-electron chi connectivity index (χ4n) is 2.34. The van der Waals surface area contributed by atoms with Crippen molar-refractivity contribution in [3.63, 3.8) is 0 Å². The molecule has 1 fully saturated rings. The number of rotatable bonds is 3. The Morgan fingerprint density at radius 3 is 2.90 bits per heavy atom. The highest BCUT2D eigenvalue weighted by Crippen LogP contribution is 2.37. The summed E-state index contributed by atoms with van der Waals surface area (Å²) < 4.78 is 5.25. The average molecular weight is 283 g/mol. The van der Waals surface area contributed by atoms with Gasteiger partial charge in [0.15, 0.2) is 0 Å². The average Bonchev–Trinajstić information content (AvgIpc) is 3.14. The smallest absolute Gasteiger partial charge is 0.276 e. The zero-order valence-corrected chi connectivity index (χ0v) is 11.2. The first-order valence-electron chi connectivity index (χ1n) is 6.69. The van der Waals surface area contributed by atoms with Crippen molar-refractivity contribution in [2.24, 2.45) is 5.73 Å².